The van der Waals surface area contributed by atoms with E-state index in [9.17, 15) is 4.79 Å². The van der Waals surface area contributed by atoms with Crippen LogP contribution in [0.4, 0.5) is 0 Å². The van der Waals surface area contributed by atoms with Crippen LogP contribution in [0.2, 0.25) is 0 Å². The number of fused-ring (bicyclic) bond motifs is 1. The van der Waals surface area contributed by atoms with Gasteiger partial charge in [0.1, 0.15) is 5.58 Å². The zero-order valence-electron chi connectivity index (χ0n) is 9.46. The molecule has 2 nitrogen and oxygen atoms in total. The quantitative estimate of drug-likeness (QED) is 0.670. The number of hydrogen-bond acceptors (Lipinski definition) is 3. The second-order valence-corrected chi connectivity index (χ2v) is 4.42. The van der Waals surface area contributed by atoms with Gasteiger partial charge in [0.15, 0.2) is 5.76 Å². The van der Waals surface area contributed by atoms with Gasteiger partial charge >= 0.3 is 0 Å². The summed E-state index contributed by atoms with van der Waals surface area (Å²) in [6.45, 7) is 0. The van der Waals surface area contributed by atoms with Crippen molar-refractivity contribution in [2.24, 2.45) is 0 Å². The normalized spacial score (nSPS) is 10.7. The Morgan fingerprint density at radius 2 is 1.56 bits per heavy atom. The Hall–Kier alpha value is -2.00. The molecule has 1 aromatic heterocycles. The molecule has 0 bridgehead atoms. The van der Waals surface area contributed by atoms with Crippen molar-refractivity contribution >= 4 is 23.6 Å². The van der Waals surface area contributed by atoms with E-state index in [0.29, 0.717) is 21.6 Å². The number of para-hydroxylation sites is 1. The molecular weight excluding hydrogens is 244 g/mol. The first kappa shape index (κ1) is 11.1. The molecule has 0 radical (unpaired) electrons. The fourth-order valence-corrected chi connectivity index (χ4v) is 2.21. The minimum Gasteiger partial charge on any atom is -0.455 e. The summed E-state index contributed by atoms with van der Waals surface area (Å²) in [7, 11) is 0. The van der Waals surface area contributed by atoms with Crippen LogP contribution in [-0.2, 0) is 0 Å². The van der Waals surface area contributed by atoms with Crippen LogP contribution in [0.25, 0.3) is 22.3 Å². The molecule has 2 aromatic carbocycles. The highest BCUT2D eigenvalue weighted by Crippen LogP contribution is 2.27. The van der Waals surface area contributed by atoms with Gasteiger partial charge in [-0.25, -0.2) is 0 Å². The molecule has 0 aliphatic rings. The molecule has 0 atom stereocenters. The highest BCUT2D eigenvalue weighted by Gasteiger charge is 2.12. The molecule has 1 heterocycles. The van der Waals surface area contributed by atoms with Gasteiger partial charge in [-0.3, -0.25) is 4.79 Å². The van der Waals surface area contributed by atoms with E-state index in [4.69, 9.17) is 4.42 Å². The molecule has 0 aliphatic heterocycles. The van der Waals surface area contributed by atoms with E-state index in [-0.39, 0.29) is 5.43 Å². The van der Waals surface area contributed by atoms with Crippen molar-refractivity contribution in [1.82, 2.24) is 0 Å². The molecule has 0 saturated heterocycles. The lowest BCUT2D eigenvalue weighted by molar-refractivity contribution is 0.605. The molecule has 0 unspecified atom stereocenters. The maximum atomic E-state index is 12.2. The molecule has 88 valence electrons. The average molecular weight is 254 g/mol. The van der Waals surface area contributed by atoms with Crippen LogP contribution in [0.3, 0.4) is 0 Å². The summed E-state index contributed by atoms with van der Waals surface area (Å²) < 4.78 is 5.78. The predicted octanol–water partition coefficient (Wildman–Crippen LogP) is 3.75. The lowest BCUT2D eigenvalue weighted by Crippen LogP contribution is -2.04. The first-order valence-corrected chi connectivity index (χ1v) is 6.02. The van der Waals surface area contributed by atoms with Crippen molar-refractivity contribution in [3.05, 3.63) is 64.8 Å². The van der Waals surface area contributed by atoms with Crippen molar-refractivity contribution in [3.63, 3.8) is 0 Å². The summed E-state index contributed by atoms with van der Waals surface area (Å²) in [5.74, 6) is 0.516. The summed E-state index contributed by atoms with van der Waals surface area (Å²) >= 11 is 4.29. The molecule has 0 fully saturated rings. The largest absolute Gasteiger partial charge is 0.455 e. The van der Waals surface area contributed by atoms with Crippen LogP contribution in [0.5, 0.6) is 0 Å². The van der Waals surface area contributed by atoms with Crippen LogP contribution >= 0.6 is 12.6 Å². The van der Waals surface area contributed by atoms with Gasteiger partial charge < -0.3 is 4.42 Å². The van der Waals surface area contributed by atoms with E-state index in [1.165, 1.54) is 0 Å². The molecule has 0 amide bonds. The van der Waals surface area contributed by atoms with E-state index >= 15 is 0 Å². The van der Waals surface area contributed by atoms with Crippen LogP contribution < -0.4 is 5.43 Å². The second-order valence-electron chi connectivity index (χ2n) is 3.97. The fourth-order valence-electron chi connectivity index (χ4n) is 1.92. The number of hydrogen-bond donors (Lipinski definition) is 1. The summed E-state index contributed by atoms with van der Waals surface area (Å²) in [4.78, 5) is 12.5. The summed E-state index contributed by atoms with van der Waals surface area (Å²) in [6.07, 6.45) is 0. The van der Waals surface area contributed by atoms with Crippen molar-refractivity contribution in [1.29, 1.82) is 0 Å². The summed E-state index contributed by atoms with van der Waals surface area (Å²) in [6, 6.07) is 16.7. The van der Waals surface area contributed by atoms with Crippen LogP contribution in [0, 0.1) is 0 Å². The highest BCUT2D eigenvalue weighted by molar-refractivity contribution is 7.80. The maximum Gasteiger partial charge on any atom is 0.206 e. The van der Waals surface area contributed by atoms with Gasteiger partial charge in [-0.1, -0.05) is 42.5 Å². The third kappa shape index (κ3) is 1.73. The Labute approximate surface area is 109 Å². The Kier molecular flexibility index (Phi) is 2.68. The highest BCUT2D eigenvalue weighted by atomic mass is 32.1. The number of rotatable bonds is 1. The lowest BCUT2D eigenvalue weighted by Gasteiger charge is -2.05. The Morgan fingerprint density at radius 3 is 2.33 bits per heavy atom. The zero-order valence-corrected chi connectivity index (χ0v) is 10.4. The van der Waals surface area contributed by atoms with Gasteiger partial charge in [0.05, 0.1) is 10.3 Å². The molecule has 18 heavy (non-hydrogen) atoms. The standard InChI is InChI=1S/C15H10O2S/c16-13-11-8-4-5-9-12(11)17-14(15(13)18)10-6-2-1-3-7-10/h1-9,18H. The van der Waals surface area contributed by atoms with E-state index in [0.717, 1.165) is 5.56 Å². The molecule has 0 saturated carbocycles. The monoisotopic (exact) mass is 254 g/mol. The number of benzene rings is 2. The van der Waals surface area contributed by atoms with E-state index in [1.54, 1.807) is 12.1 Å². The summed E-state index contributed by atoms with van der Waals surface area (Å²) in [5, 5.41) is 0.558. The van der Waals surface area contributed by atoms with Gasteiger partial charge in [0.2, 0.25) is 5.43 Å². The van der Waals surface area contributed by atoms with Crippen LogP contribution in [0.15, 0.2) is 68.7 Å². The molecule has 3 rings (SSSR count). The Balaban J connectivity index is 2.38. The third-order valence-corrected chi connectivity index (χ3v) is 3.22. The van der Waals surface area contributed by atoms with Crippen molar-refractivity contribution in [3.8, 4) is 11.3 Å². The third-order valence-electron chi connectivity index (χ3n) is 2.81. The van der Waals surface area contributed by atoms with Gasteiger partial charge in [0.25, 0.3) is 0 Å². The van der Waals surface area contributed by atoms with Crippen molar-refractivity contribution < 1.29 is 4.42 Å². The van der Waals surface area contributed by atoms with Crippen LogP contribution in [-0.4, -0.2) is 0 Å². The summed E-state index contributed by atoms with van der Waals surface area (Å²) in [5.41, 5.74) is 1.34. The van der Waals surface area contributed by atoms with E-state index in [1.807, 2.05) is 42.5 Å². The predicted molar refractivity (Wildman–Crippen MR) is 75.2 cm³/mol. The SMILES string of the molecule is O=c1c(S)c(-c2ccccc2)oc2ccccc12. The van der Waals surface area contributed by atoms with Crippen LogP contribution in [0.1, 0.15) is 0 Å². The molecule has 0 spiro atoms. The first-order valence-electron chi connectivity index (χ1n) is 5.57. The van der Waals surface area contributed by atoms with Gasteiger partial charge in [-0.05, 0) is 12.1 Å². The van der Waals surface area contributed by atoms with Crippen molar-refractivity contribution in [2.75, 3.05) is 0 Å². The van der Waals surface area contributed by atoms with Crippen molar-refractivity contribution in [2.45, 2.75) is 4.90 Å². The maximum absolute atomic E-state index is 12.2. The molecule has 3 aromatic rings. The molecule has 0 N–H and O–H groups in total. The molecular formula is C15H10O2S. The smallest absolute Gasteiger partial charge is 0.206 e. The lowest BCUT2D eigenvalue weighted by atomic mass is 10.1. The first-order chi connectivity index (χ1) is 8.77. The minimum atomic E-state index is -0.0981. The van der Waals surface area contributed by atoms with Gasteiger partial charge in [-0.2, -0.15) is 0 Å². The molecule has 3 heteroatoms. The topological polar surface area (TPSA) is 30.2 Å². The Bertz CT molecular complexity index is 760. The zero-order chi connectivity index (χ0) is 12.5. The minimum absolute atomic E-state index is 0.0981. The van der Waals surface area contributed by atoms with E-state index in [2.05, 4.69) is 12.6 Å². The van der Waals surface area contributed by atoms with Gasteiger partial charge in [-0.15, -0.1) is 12.6 Å². The average Bonchev–Trinajstić information content (AvgIpc) is 2.44. The Morgan fingerprint density at radius 1 is 0.889 bits per heavy atom. The number of thiol groups is 1. The molecule has 0 aliphatic carbocycles. The second kappa shape index (κ2) is 4.35. The fraction of sp³-hybridized carbons (Fsp3) is 0. The van der Waals surface area contributed by atoms with E-state index < -0.39 is 0 Å². The van der Waals surface area contributed by atoms with Gasteiger partial charge in [0, 0.05) is 5.56 Å².